The molecule has 1 aliphatic rings. The zero-order valence-corrected chi connectivity index (χ0v) is 11.8. The fourth-order valence-electron chi connectivity index (χ4n) is 2.15. The third kappa shape index (κ3) is 2.91. The van der Waals surface area contributed by atoms with Gasteiger partial charge in [0.1, 0.15) is 4.90 Å². The van der Waals surface area contributed by atoms with Crippen LogP contribution in [0, 0.1) is 5.92 Å². The highest BCUT2D eigenvalue weighted by Crippen LogP contribution is 2.24. The highest BCUT2D eigenvalue weighted by molar-refractivity contribution is 7.89. The van der Waals surface area contributed by atoms with Gasteiger partial charge in [-0.25, -0.2) is 13.4 Å². The number of hydrogen-bond acceptors (Lipinski definition) is 5. The Morgan fingerprint density at radius 1 is 1.50 bits per heavy atom. The van der Waals surface area contributed by atoms with Crippen molar-refractivity contribution in [3.8, 4) is 5.88 Å². The third-order valence-electron chi connectivity index (χ3n) is 3.29. The van der Waals surface area contributed by atoms with Crippen molar-refractivity contribution >= 4 is 16.0 Å². The number of sulfonamides is 1. The van der Waals surface area contributed by atoms with Crippen LogP contribution in [0.25, 0.3) is 0 Å². The van der Waals surface area contributed by atoms with Crippen LogP contribution in [0.1, 0.15) is 12.8 Å². The molecule has 0 spiro atoms. The molecule has 7 nitrogen and oxygen atoms in total. The number of aliphatic carboxylic acids is 1. The Hall–Kier alpha value is -1.67. The summed E-state index contributed by atoms with van der Waals surface area (Å²) in [6.07, 6.45) is 2.26. The zero-order chi connectivity index (χ0) is 14.8. The summed E-state index contributed by atoms with van der Waals surface area (Å²) in [6, 6.07) is 2.87. The van der Waals surface area contributed by atoms with Gasteiger partial charge in [-0.05, 0) is 18.9 Å². The van der Waals surface area contributed by atoms with E-state index in [4.69, 9.17) is 9.84 Å². The lowest BCUT2D eigenvalue weighted by Gasteiger charge is -2.29. The molecule has 1 aliphatic heterocycles. The molecule has 0 radical (unpaired) electrons. The van der Waals surface area contributed by atoms with E-state index in [2.05, 4.69) is 4.98 Å². The van der Waals surface area contributed by atoms with E-state index in [0.29, 0.717) is 25.3 Å². The molecule has 2 heterocycles. The Morgan fingerprint density at radius 2 is 2.25 bits per heavy atom. The quantitative estimate of drug-likeness (QED) is 0.873. The number of methoxy groups -OCH3 is 1. The Labute approximate surface area is 117 Å². The largest absolute Gasteiger partial charge is 0.481 e. The number of nitrogens with zero attached hydrogens (tertiary/aromatic N) is 2. The first-order valence-electron chi connectivity index (χ1n) is 6.18. The van der Waals surface area contributed by atoms with Gasteiger partial charge in [0.05, 0.1) is 19.2 Å². The number of ether oxygens (including phenoxy) is 1. The van der Waals surface area contributed by atoms with Gasteiger partial charge in [-0.2, -0.15) is 4.31 Å². The number of aromatic nitrogens is 1. The topological polar surface area (TPSA) is 96.8 Å². The molecule has 0 bridgehead atoms. The number of carboxylic acid groups (broad SMARTS) is 1. The maximum Gasteiger partial charge on any atom is 0.307 e. The standard InChI is InChI=1S/C12H16N2O5S/c1-19-11-5-4-10(7-13-11)20(17,18)14-6-2-3-9(8-14)12(15)16/h4-5,7,9H,2-3,6,8H2,1H3,(H,15,16). The Kier molecular flexibility index (Phi) is 4.24. The van der Waals surface area contributed by atoms with Crippen LogP contribution in [0.15, 0.2) is 23.2 Å². The minimum Gasteiger partial charge on any atom is -0.481 e. The van der Waals surface area contributed by atoms with Crippen LogP contribution in [0.5, 0.6) is 5.88 Å². The summed E-state index contributed by atoms with van der Waals surface area (Å²) < 4.78 is 30.9. The average Bonchev–Trinajstić information content (AvgIpc) is 2.47. The highest BCUT2D eigenvalue weighted by Gasteiger charge is 2.33. The molecule has 0 aliphatic carbocycles. The number of hydrogen-bond donors (Lipinski definition) is 1. The van der Waals surface area contributed by atoms with Crippen molar-refractivity contribution in [3.05, 3.63) is 18.3 Å². The lowest BCUT2D eigenvalue weighted by atomic mass is 10.0. The summed E-state index contributed by atoms with van der Waals surface area (Å²) >= 11 is 0. The van der Waals surface area contributed by atoms with Gasteiger partial charge in [0.15, 0.2) is 0 Å². The summed E-state index contributed by atoms with van der Waals surface area (Å²) in [4.78, 5) is 14.9. The monoisotopic (exact) mass is 300 g/mol. The van der Waals surface area contributed by atoms with E-state index < -0.39 is 21.9 Å². The minimum atomic E-state index is -3.70. The number of carboxylic acids is 1. The minimum absolute atomic E-state index is 0.00367. The van der Waals surface area contributed by atoms with Gasteiger partial charge in [0.2, 0.25) is 15.9 Å². The zero-order valence-electron chi connectivity index (χ0n) is 11.0. The molecular weight excluding hydrogens is 284 g/mol. The highest BCUT2D eigenvalue weighted by atomic mass is 32.2. The Balaban J connectivity index is 2.22. The van der Waals surface area contributed by atoms with E-state index in [0.717, 1.165) is 0 Å². The molecule has 1 saturated heterocycles. The SMILES string of the molecule is COc1ccc(S(=O)(=O)N2CCCC(C(=O)O)C2)cn1. The second-order valence-corrected chi connectivity index (χ2v) is 6.51. The number of pyridine rings is 1. The average molecular weight is 300 g/mol. The van der Waals surface area contributed by atoms with Crippen LogP contribution >= 0.6 is 0 Å². The van der Waals surface area contributed by atoms with E-state index in [-0.39, 0.29) is 11.4 Å². The molecule has 0 saturated carbocycles. The lowest BCUT2D eigenvalue weighted by Crippen LogP contribution is -2.42. The molecular formula is C12H16N2O5S. The number of carbonyl (C=O) groups is 1. The predicted molar refractivity (Wildman–Crippen MR) is 69.9 cm³/mol. The molecule has 1 N–H and O–H groups in total. The van der Waals surface area contributed by atoms with Crippen LogP contribution < -0.4 is 4.74 Å². The van der Waals surface area contributed by atoms with Gasteiger partial charge in [0, 0.05) is 19.2 Å². The maximum atomic E-state index is 12.4. The molecule has 1 aromatic heterocycles. The van der Waals surface area contributed by atoms with Gasteiger partial charge < -0.3 is 9.84 Å². The van der Waals surface area contributed by atoms with Crippen molar-refractivity contribution in [2.75, 3.05) is 20.2 Å². The molecule has 8 heteroatoms. The summed E-state index contributed by atoms with van der Waals surface area (Å²) in [6.45, 7) is 0.335. The molecule has 110 valence electrons. The van der Waals surface area contributed by atoms with Crippen LogP contribution in [0.3, 0.4) is 0 Å². The Bertz CT molecular complexity index is 584. The van der Waals surface area contributed by atoms with Crippen molar-refractivity contribution in [2.45, 2.75) is 17.7 Å². The van der Waals surface area contributed by atoms with Crippen LogP contribution in [0.2, 0.25) is 0 Å². The third-order valence-corrected chi connectivity index (χ3v) is 5.14. The van der Waals surface area contributed by atoms with Gasteiger partial charge in [-0.1, -0.05) is 0 Å². The van der Waals surface area contributed by atoms with E-state index in [1.807, 2.05) is 0 Å². The first kappa shape index (κ1) is 14.7. The van der Waals surface area contributed by atoms with Gasteiger partial charge in [0.25, 0.3) is 0 Å². The first-order chi connectivity index (χ1) is 9.45. The fourth-order valence-corrected chi connectivity index (χ4v) is 3.62. The van der Waals surface area contributed by atoms with Crippen molar-refractivity contribution in [1.82, 2.24) is 9.29 Å². The van der Waals surface area contributed by atoms with E-state index >= 15 is 0 Å². The Morgan fingerprint density at radius 3 is 2.80 bits per heavy atom. The molecule has 1 fully saturated rings. The normalized spacial score (nSPS) is 20.6. The molecule has 1 atom stereocenters. The molecule has 0 aromatic carbocycles. The van der Waals surface area contributed by atoms with E-state index in [1.54, 1.807) is 0 Å². The molecule has 1 aromatic rings. The number of piperidine rings is 1. The predicted octanol–water partition coefficient (Wildman–Crippen LogP) is 0.575. The summed E-state index contributed by atoms with van der Waals surface area (Å²) in [5.41, 5.74) is 0. The second-order valence-electron chi connectivity index (χ2n) is 4.58. The van der Waals surface area contributed by atoms with Crippen molar-refractivity contribution in [3.63, 3.8) is 0 Å². The van der Waals surface area contributed by atoms with Gasteiger partial charge in [-0.15, -0.1) is 0 Å². The first-order valence-corrected chi connectivity index (χ1v) is 7.62. The van der Waals surface area contributed by atoms with Crippen LogP contribution in [-0.2, 0) is 14.8 Å². The molecule has 0 amide bonds. The maximum absolute atomic E-state index is 12.4. The van der Waals surface area contributed by atoms with Crippen LogP contribution in [-0.4, -0.2) is 49.0 Å². The molecule has 2 rings (SSSR count). The molecule has 1 unspecified atom stereocenters. The number of rotatable bonds is 4. The fraction of sp³-hybridized carbons (Fsp3) is 0.500. The van der Waals surface area contributed by atoms with Crippen molar-refractivity contribution in [2.24, 2.45) is 5.92 Å². The van der Waals surface area contributed by atoms with Crippen molar-refractivity contribution in [1.29, 1.82) is 0 Å². The van der Waals surface area contributed by atoms with Gasteiger partial charge in [-0.3, -0.25) is 4.79 Å². The smallest absolute Gasteiger partial charge is 0.307 e. The summed E-state index contributed by atoms with van der Waals surface area (Å²) in [5, 5.41) is 9.01. The van der Waals surface area contributed by atoms with E-state index in [9.17, 15) is 13.2 Å². The van der Waals surface area contributed by atoms with Crippen molar-refractivity contribution < 1.29 is 23.1 Å². The summed E-state index contributed by atoms with van der Waals surface area (Å²) in [7, 11) is -2.26. The second kappa shape index (κ2) is 5.76. The molecule has 20 heavy (non-hydrogen) atoms. The van der Waals surface area contributed by atoms with E-state index in [1.165, 1.54) is 29.7 Å². The van der Waals surface area contributed by atoms with Gasteiger partial charge >= 0.3 is 5.97 Å². The van der Waals surface area contributed by atoms with Crippen LogP contribution in [0.4, 0.5) is 0 Å². The lowest BCUT2D eigenvalue weighted by molar-refractivity contribution is -0.142. The summed E-state index contributed by atoms with van der Waals surface area (Å²) in [5.74, 6) is -1.28.